The fourth-order valence-electron chi connectivity index (χ4n) is 1.22. The van der Waals surface area contributed by atoms with E-state index in [-0.39, 0.29) is 0 Å². The predicted octanol–water partition coefficient (Wildman–Crippen LogP) is 2.87. The normalized spacial score (nSPS) is 12.9. The summed E-state index contributed by atoms with van der Waals surface area (Å²) >= 11 is 6.25. The van der Waals surface area contributed by atoms with Crippen LogP contribution in [0.3, 0.4) is 0 Å². The molecule has 14 heavy (non-hydrogen) atoms. The fraction of sp³-hybridized carbons (Fsp3) is 0.455. The predicted molar refractivity (Wildman–Crippen MR) is 65.2 cm³/mol. The summed E-state index contributed by atoms with van der Waals surface area (Å²) in [6.45, 7) is 4.56. The summed E-state index contributed by atoms with van der Waals surface area (Å²) in [5.74, 6) is 0.904. The summed E-state index contributed by atoms with van der Waals surface area (Å²) in [7, 11) is 0.961. The van der Waals surface area contributed by atoms with Gasteiger partial charge in [0.15, 0.2) is 0 Å². The minimum atomic E-state index is -0.720. The van der Waals surface area contributed by atoms with Crippen molar-refractivity contribution in [2.24, 2.45) is 0 Å². The molecule has 0 N–H and O–H groups in total. The first-order valence-corrected chi connectivity index (χ1v) is 8.31. The number of ether oxygens (including phenoxy) is 1. The highest BCUT2D eigenvalue weighted by molar-refractivity contribution is 6.67. The molecule has 0 amide bonds. The molecular formula is C11H17ClOSi. The lowest BCUT2D eigenvalue weighted by Gasteiger charge is -2.12. The van der Waals surface area contributed by atoms with Gasteiger partial charge in [-0.1, -0.05) is 25.2 Å². The van der Waals surface area contributed by atoms with Gasteiger partial charge in [0.25, 0.3) is 0 Å². The number of methoxy groups -OCH3 is 1. The van der Waals surface area contributed by atoms with Crippen molar-refractivity contribution in [3.63, 3.8) is 0 Å². The number of hydrogen-bond donors (Lipinski definition) is 0. The van der Waals surface area contributed by atoms with Gasteiger partial charge in [-0.25, -0.2) is 0 Å². The van der Waals surface area contributed by atoms with Crippen molar-refractivity contribution < 1.29 is 4.74 Å². The Morgan fingerprint density at radius 2 is 1.86 bits per heavy atom. The molecule has 0 saturated heterocycles. The molecule has 0 aliphatic carbocycles. The van der Waals surface area contributed by atoms with Gasteiger partial charge in [-0.15, -0.1) is 11.6 Å². The van der Waals surface area contributed by atoms with E-state index in [1.54, 1.807) is 7.11 Å². The maximum atomic E-state index is 6.25. The van der Waals surface area contributed by atoms with Crippen molar-refractivity contribution in [1.82, 2.24) is 0 Å². The largest absolute Gasteiger partial charge is 0.497 e. The van der Waals surface area contributed by atoms with Crippen LogP contribution in [-0.2, 0) is 6.42 Å². The molecule has 3 heteroatoms. The van der Waals surface area contributed by atoms with E-state index in [1.165, 1.54) is 5.56 Å². The number of halogens is 1. The third-order valence-corrected chi connectivity index (χ3v) is 5.66. The number of rotatable bonds is 4. The maximum Gasteiger partial charge on any atom is 0.118 e. The van der Waals surface area contributed by atoms with E-state index in [9.17, 15) is 0 Å². The van der Waals surface area contributed by atoms with Crippen molar-refractivity contribution >= 4 is 20.4 Å². The second kappa shape index (κ2) is 5.42. The van der Waals surface area contributed by atoms with Crippen LogP contribution in [-0.4, -0.2) is 20.9 Å². The molecule has 0 radical (unpaired) electrons. The van der Waals surface area contributed by atoms with Crippen molar-refractivity contribution in [2.45, 2.75) is 24.5 Å². The average molecular weight is 229 g/mol. The second-order valence-corrected chi connectivity index (χ2v) is 8.09. The quantitative estimate of drug-likeness (QED) is 0.569. The van der Waals surface area contributed by atoms with Gasteiger partial charge < -0.3 is 4.74 Å². The van der Waals surface area contributed by atoms with E-state index in [0.29, 0.717) is 5.00 Å². The molecule has 0 aromatic heterocycles. The Bertz CT molecular complexity index is 271. The maximum absolute atomic E-state index is 6.25. The minimum Gasteiger partial charge on any atom is -0.497 e. The van der Waals surface area contributed by atoms with Crippen LogP contribution in [0, 0.1) is 0 Å². The molecule has 1 atom stereocenters. The van der Waals surface area contributed by atoms with Crippen molar-refractivity contribution in [3.8, 4) is 5.75 Å². The summed E-state index contributed by atoms with van der Waals surface area (Å²) < 4.78 is 5.10. The van der Waals surface area contributed by atoms with E-state index < -0.39 is 8.80 Å². The first-order chi connectivity index (χ1) is 6.63. The van der Waals surface area contributed by atoms with Crippen LogP contribution < -0.4 is 4.74 Å². The second-order valence-electron chi connectivity index (χ2n) is 3.81. The van der Waals surface area contributed by atoms with Crippen LogP contribution in [0.5, 0.6) is 5.75 Å². The van der Waals surface area contributed by atoms with Gasteiger partial charge >= 0.3 is 0 Å². The lowest BCUT2D eigenvalue weighted by molar-refractivity contribution is 0.414. The van der Waals surface area contributed by atoms with Crippen LogP contribution in [0.2, 0.25) is 13.1 Å². The van der Waals surface area contributed by atoms with Crippen LogP contribution in [0.15, 0.2) is 24.3 Å². The highest BCUT2D eigenvalue weighted by Gasteiger charge is 2.11. The van der Waals surface area contributed by atoms with Gasteiger partial charge in [0.2, 0.25) is 0 Å². The molecule has 0 bridgehead atoms. The van der Waals surface area contributed by atoms with E-state index in [2.05, 4.69) is 25.2 Å². The van der Waals surface area contributed by atoms with Gasteiger partial charge in [0, 0.05) is 5.00 Å². The third-order valence-electron chi connectivity index (χ3n) is 2.31. The molecule has 0 aliphatic rings. The van der Waals surface area contributed by atoms with Crippen molar-refractivity contribution in [3.05, 3.63) is 29.8 Å². The molecular weight excluding hydrogens is 212 g/mol. The van der Waals surface area contributed by atoms with Crippen LogP contribution >= 0.6 is 11.6 Å². The molecule has 1 rings (SSSR count). The van der Waals surface area contributed by atoms with Crippen molar-refractivity contribution in [1.29, 1.82) is 0 Å². The van der Waals surface area contributed by atoms with Crippen LogP contribution in [0.4, 0.5) is 0 Å². The summed E-state index contributed by atoms with van der Waals surface area (Å²) in [6.07, 6.45) is 0.982. The molecule has 1 nitrogen and oxygen atoms in total. The fourth-order valence-corrected chi connectivity index (χ4v) is 2.14. The number of benzene rings is 1. The number of hydrogen-bond acceptors (Lipinski definition) is 1. The first-order valence-electron chi connectivity index (χ1n) is 4.90. The Morgan fingerprint density at radius 1 is 1.29 bits per heavy atom. The molecule has 0 spiro atoms. The van der Waals surface area contributed by atoms with Crippen LogP contribution in [0.25, 0.3) is 0 Å². The van der Waals surface area contributed by atoms with E-state index >= 15 is 0 Å². The summed E-state index contributed by atoms with van der Waals surface area (Å²) in [5.41, 5.74) is 1.30. The van der Waals surface area contributed by atoms with E-state index in [4.69, 9.17) is 16.3 Å². The van der Waals surface area contributed by atoms with Gasteiger partial charge in [0.1, 0.15) is 5.75 Å². The zero-order valence-corrected chi connectivity index (χ0v) is 10.9. The molecule has 0 fully saturated rings. The monoisotopic (exact) mass is 228 g/mol. The molecule has 0 heterocycles. The molecule has 0 aliphatic heterocycles. The summed E-state index contributed by atoms with van der Waals surface area (Å²) in [4.78, 5) is 0. The van der Waals surface area contributed by atoms with E-state index in [0.717, 1.165) is 12.2 Å². The smallest absolute Gasteiger partial charge is 0.118 e. The summed E-state index contributed by atoms with van der Waals surface area (Å²) in [6, 6.07) is 8.15. The molecule has 0 saturated carbocycles. The Kier molecular flexibility index (Phi) is 4.49. The standard InChI is InChI=1S/C11H17ClOSi/c1-13-10-6-4-9(5-7-10)8-11(12)14(2)3/h4-7,11,14H,8H2,1-3H3. The average Bonchev–Trinajstić information content (AvgIpc) is 2.19. The molecule has 1 aromatic rings. The van der Waals surface area contributed by atoms with Gasteiger partial charge in [-0.3, -0.25) is 0 Å². The lowest BCUT2D eigenvalue weighted by atomic mass is 10.2. The third kappa shape index (κ3) is 3.35. The van der Waals surface area contributed by atoms with Crippen LogP contribution in [0.1, 0.15) is 5.56 Å². The molecule has 78 valence electrons. The lowest BCUT2D eigenvalue weighted by Crippen LogP contribution is -2.20. The Morgan fingerprint density at radius 3 is 2.29 bits per heavy atom. The number of alkyl halides is 1. The highest BCUT2D eigenvalue weighted by Crippen LogP contribution is 2.15. The highest BCUT2D eigenvalue weighted by atomic mass is 35.5. The Labute approximate surface area is 92.7 Å². The molecule has 1 aromatic carbocycles. The van der Waals surface area contributed by atoms with Gasteiger partial charge in [-0.05, 0) is 24.1 Å². The van der Waals surface area contributed by atoms with Gasteiger partial charge in [-0.2, -0.15) is 0 Å². The minimum absolute atomic E-state index is 0.350. The SMILES string of the molecule is COc1ccc(CC(Cl)[SiH](C)C)cc1. The Balaban J connectivity index is 2.59. The molecule has 1 unspecified atom stereocenters. The topological polar surface area (TPSA) is 9.23 Å². The van der Waals surface area contributed by atoms with Crippen molar-refractivity contribution in [2.75, 3.05) is 7.11 Å². The zero-order chi connectivity index (χ0) is 10.6. The Hall–Kier alpha value is -0.473. The zero-order valence-electron chi connectivity index (χ0n) is 8.96. The first kappa shape index (κ1) is 11.6. The van der Waals surface area contributed by atoms with E-state index in [1.807, 2.05) is 12.1 Å². The van der Waals surface area contributed by atoms with Gasteiger partial charge in [0.05, 0.1) is 15.9 Å². The summed E-state index contributed by atoms with van der Waals surface area (Å²) in [5, 5.41) is 0.350.